The number of carboxylic acids is 1. The van der Waals surface area contributed by atoms with Crippen molar-refractivity contribution in [3.05, 3.63) is 42.1 Å². The molecular weight excluding hydrogens is 199 g/mol. The number of aromatic nitrogens is 2. The Labute approximate surface area is 84.3 Å². The SMILES string of the molecule is O=C(O)/C=C/c1cn2cccc(F)c2n1. The summed E-state index contributed by atoms with van der Waals surface area (Å²) >= 11 is 0. The van der Waals surface area contributed by atoms with Gasteiger partial charge < -0.3 is 9.51 Å². The quantitative estimate of drug-likeness (QED) is 0.759. The summed E-state index contributed by atoms with van der Waals surface area (Å²) in [7, 11) is 0. The van der Waals surface area contributed by atoms with Gasteiger partial charge in [-0.1, -0.05) is 0 Å². The summed E-state index contributed by atoms with van der Waals surface area (Å²) in [5.41, 5.74) is 0.588. The number of nitrogens with zero attached hydrogens (tertiary/aromatic N) is 2. The summed E-state index contributed by atoms with van der Waals surface area (Å²) in [4.78, 5) is 14.2. The van der Waals surface area contributed by atoms with Gasteiger partial charge in [0.05, 0.1) is 5.69 Å². The van der Waals surface area contributed by atoms with Crippen molar-refractivity contribution in [1.82, 2.24) is 9.38 Å². The van der Waals surface area contributed by atoms with E-state index >= 15 is 0 Å². The third-order valence-corrected chi connectivity index (χ3v) is 1.85. The molecule has 0 saturated carbocycles. The molecule has 2 aromatic rings. The lowest BCUT2D eigenvalue weighted by molar-refractivity contribution is -0.131. The molecule has 0 atom stereocenters. The van der Waals surface area contributed by atoms with Gasteiger partial charge in [-0.05, 0) is 18.2 Å². The van der Waals surface area contributed by atoms with E-state index in [9.17, 15) is 9.18 Å². The smallest absolute Gasteiger partial charge is 0.328 e. The van der Waals surface area contributed by atoms with Crippen LogP contribution in [0.25, 0.3) is 11.7 Å². The first-order valence-corrected chi connectivity index (χ1v) is 4.21. The molecule has 0 aromatic carbocycles. The highest BCUT2D eigenvalue weighted by atomic mass is 19.1. The average molecular weight is 206 g/mol. The maximum Gasteiger partial charge on any atom is 0.328 e. The second-order valence-corrected chi connectivity index (χ2v) is 2.92. The number of halogens is 1. The van der Waals surface area contributed by atoms with Crippen molar-refractivity contribution in [1.29, 1.82) is 0 Å². The molecule has 2 heterocycles. The van der Waals surface area contributed by atoms with E-state index in [4.69, 9.17) is 5.11 Å². The Kier molecular flexibility index (Phi) is 2.21. The van der Waals surface area contributed by atoms with Crippen LogP contribution in [0.15, 0.2) is 30.6 Å². The number of hydrogen-bond donors (Lipinski definition) is 1. The van der Waals surface area contributed by atoms with E-state index in [1.54, 1.807) is 18.5 Å². The van der Waals surface area contributed by atoms with Crippen LogP contribution >= 0.6 is 0 Å². The van der Waals surface area contributed by atoms with E-state index in [1.807, 2.05) is 0 Å². The van der Waals surface area contributed by atoms with Gasteiger partial charge in [-0.3, -0.25) is 0 Å². The van der Waals surface area contributed by atoms with Gasteiger partial charge in [0.15, 0.2) is 11.5 Å². The van der Waals surface area contributed by atoms with E-state index in [2.05, 4.69) is 4.98 Å². The highest BCUT2D eigenvalue weighted by Crippen LogP contribution is 2.10. The van der Waals surface area contributed by atoms with Gasteiger partial charge in [0.25, 0.3) is 0 Å². The van der Waals surface area contributed by atoms with Crippen LogP contribution in [0.1, 0.15) is 5.69 Å². The maximum absolute atomic E-state index is 13.2. The molecule has 2 aromatic heterocycles. The van der Waals surface area contributed by atoms with Crippen LogP contribution in [-0.4, -0.2) is 20.5 Å². The third kappa shape index (κ3) is 1.85. The maximum atomic E-state index is 13.2. The molecule has 2 rings (SSSR count). The second kappa shape index (κ2) is 3.53. The van der Waals surface area contributed by atoms with Crippen molar-refractivity contribution >= 4 is 17.7 Å². The standard InChI is InChI=1S/C10H7FN2O2/c11-8-2-1-5-13-6-7(12-10(8)13)3-4-9(14)15/h1-6H,(H,14,15)/b4-3+. The molecule has 0 fully saturated rings. The molecule has 0 radical (unpaired) electrons. The monoisotopic (exact) mass is 206 g/mol. The second-order valence-electron chi connectivity index (χ2n) is 2.92. The summed E-state index contributed by atoms with van der Waals surface area (Å²) in [5.74, 6) is -1.50. The first-order valence-electron chi connectivity index (χ1n) is 4.21. The van der Waals surface area contributed by atoms with Gasteiger partial charge in [-0.15, -0.1) is 0 Å². The van der Waals surface area contributed by atoms with Gasteiger partial charge in [0.2, 0.25) is 0 Å². The molecule has 0 aliphatic carbocycles. The summed E-state index contributed by atoms with van der Waals surface area (Å²) in [6.07, 6.45) is 5.47. The minimum Gasteiger partial charge on any atom is -0.478 e. The van der Waals surface area contributed by atoms with E-state index in [0.29, 0.717) is 5.69 Å². The Morgan fingerprint density at radius 2 is 2.40 bits per heavy atom. The Balaban J connectivity index is 2.48. The molecule has 0 unspecified atom stereocenters. The molecule has 0 aliphatic rings. The molecule has 5 heteroatoms. The fourth-order valence-electron chi connectivity index (χ4n) is 1.23. The number of carboxylic acid groups (broad SMARTS) is 1. The summed E-state index contributed by atoms with van der Waals surface area (Å²) in [6.45, 7) is 0. The summed E-state index contributed by atoms with van der Waals surface area (Å²) < 4.78 is 14.7. The number of imidazole rings is 1. The van der Waals surface area contributed by atoms with Crippen LogP contribution in [0.2, 0.25) is 0 Å². The van der Waals surface area contributed by atoms with E-state index < -0.39 is 11.8 Å². The Hall–Kier alpha value is -2.17. The van der Waals surface area contributed by atoms with Gasteiger partial charge in [-0.25, -0.2) is 14.2 Å². The Morgan fingerprint density at radius 1 is 1.60 bits per heavy atom. The van der Waals surface area contributed by atoms with Gasteiger partial charge in [0, 0.05) is 18.5 Å². The Morgan fingerprint density at radius 3 is 3.07 bits per heavy atom. The first kappa shape index (κ1) is 9.39. The minimum absolute atomic E-state index is 0.183. The molecule has 1 N–H and O–H groups in total. The van der Waals surface area contributed by atoms with Gasteiger partial charge >= 0.3 is 5.97 Å². The molecule has 0 aliphatic heterocycles. The van der Waals surface area contributed by atoms with Crippen molar-refractivity contribution in [2.75, 3.05) is 0 Å². The van der Waals surface area contributed by atoms with Crippen molar-refractivity contribution in [3.63, 3.8) is 0 Å². The van der Waals surface area contributed by atoms with Crippen LogP contribution in [-0.2, 0) is 4.79 Å². The normalized spacial score (nSPS) is 11.3. The van der Waals surface area contributed by atoms with Crippen LogP contribution in [0.4, 0.5) is 4.39 Å². The first-order chi connectivity index (χ1) is 7.16. The number of pyridine rings is 1. The van der Waals surface area contributed by atoms with Gasteiger partial charge in [0.1, 0.15) is 0 Å². The molecule has 76 valence electrons. The predicted molar refractivity (Wildman–Crippen MR) is 51.8 cm³/mol. The van der Waals surface area contributed by atoms with Crippen molar-refractivity contribution in [2.45, 2.75) is 0 Å². The fourth-order valence-corrected chi connectivity index (χ4v) is 1.23. The number of fused-ring (bicyclic) bond motifs is 1. The van der Waals surface area contributed by atoms with E-state index in [1.165, 1.54) is 16.5 Å². The van der Waals surface area contributed by atoms with Crippen molar-refractivity contribution in [2.24, 2.45) is 0 Å². The summed E-state index contributed by atoms with van der Waals surface area (Å²) in [6, 6.07) is 2.85. The molecule has 4 nitrogen and oxygen atoms in total. The minimum atomic E-state index is -1.06. The van der Waals surface area contributed by atoms with Gasteiger partial charge in [-0.2, -0.15) is 0 Å². The van der Waals surface area contributed by atoms with Crippen molar-refractivity contribution in [3.8, 4) is 0 Å². The van der Waals surface area contributed by atoms with Crippen molar-refractivity contribution < 1.29 is 14.3 Å². The molecule has 0 saturated heterocycles. The van der Waals surface area contributed by atoms with Crippen LogP contribution < -0.4 is 0 Å². The van der Waals surface area contributed by atoms with E-state index in [-0.39, 0.29) is 5.65 Å². The molecule has 15 heavy (non-hydrogen) atoms. The number of rotatable bonds is 2. The lowest BCUT2D eigenvalue weighted by Crippen LogP contribution is -1.85. The number of aliphatic carboxylic acids is 1. The largest absolute Gasteiger partial charge is 0.478 e. The lowest BCUT2D eigenvalue weighted by Gasteiger charge is -1.90. The predicted octanol–water partition coefficient (Wildman–Crippen LogP) is 1.57. The highest BCUT2D eigenvalue weighted by Gasteiger charge is 2.03. The zero-order valence-electron chi connectivity index (χ0n) is 7.59. The fraction of sp³-hybridized carbons (Fsp3) is 0. The third-order valence-electron chi connectivity index (χ3n) is 1.85. The van der Waals surface area contributed by atoms with Crippen LogP contribution in [0, 0.1) is 5.82 Å². The molecule has 0 spiro atoms. The summed E-state index contributed by atoms with van der Waals surface area (Å²) in [5, 5.41) is 8.41. The zero-order chi connectivity index (χ0) is 10.8. The molecule has 0 amide bonds. The van der Waals surface area contributed by atoms with E-state index in [0.717, 1.165) is 6.08 Å². The number of hydrogen-bond acceptors (Lipinski definition) is 2. The average Bonchev–Trinajstić information content (AvgIpc) is 2.59. The lowest BCUT2D eigenvalue weighted by atomic mass is 10.4. The number of carbonyl (C=O) groups is 1. The van der Waals surface area contributed by atoms with Crippen LogP contribution in [0.5, 0.6) is 0 Å². The zero-order valence-corrected chi connectivity index (χ0v) is 7.59. The topological polar surface area (TPSA) is 54.6 Å². The van der Waals surface area contributed by atoms with Crippen LogP contribution in [0.3, 0.4) is 0 Å². The highest BCUT2D eigenvalue weighted by molar-refractivity contribution is 5.85. The molecule has 0 bridgehead atoms. The Bertz CT molecular complexity index is 545. The molecular formula is C10H7FN2O2.